The van der Waals surface area contributed by atoms with E-state index in [1.54, 1.807) is 0 Å². The molecule has 0 rings (SSSR count). The van der Waals surface area contributed by atoms with Crippen molar-refractivity contribution in [2.75, 3.05) is 0 Å². The van der Waals surface area contributed by atoms with Crippen LogP contribution in [0.2, 0.25) is 18.6 Å². The minimum Gasteiger partial charge on any atom is -0.504 e. The Balaban J connectivity index is 3.99. The molecule has 0 bridgehead atoms. The van der Waals surface area contributed by atoms with Crippen molar-refractivity contribution >= 4 is 14.4 Å². The van der Waals surface area contributed by atoms with Gasteiger partial charge in [0.05, 0.1) is 0 Å². The first-order valence-corrected chi connectivity index (χ1v) is 6.33. The van der Waals surface area contributed by atoms with Crippen molar-refractivity contribution < 1.29 is 9.22 Å². The zero-order chi connectivity index (χ0) is 8.36. The number of primary amides is 1. The highest BCUT2D eigenvalue weighted by atomic mass is 28.4. The second-order valence-corrected chi connectivity index (χ2v) is 7.74. The highest BCUT2D eigenvalue weighted by Gasteiger charge is 2.29. The van der Waals surface area contributed by atoms with Crippen molar-refractivity contribution in [3.63, 3.8) is 0 Å². The number of nitrogens with two attached hydrogens (primary N) is 1. The normalized spacial score (nSPS) is 11.7. The number of rotatable bonds is 2. The monoisotopic (exact) mass is 161 g/mol. The Labute approximate surface area is 62.7 Å². The Bertz CT molecular complexity index is 134. The van der Waals surface area contributed by atoms with Crippen LogP contribution in [0.5, 0.6) is 0 Å². The lowest BCUT2D eigenvalue weighted by atomic mass is 10.6. The Kier molecular flexibility index (Phi) is 2.89. The van der Waals surface area contributed by atoms with Crippen LogP contribution < -0.4 is 5.73 Å². The molecule has 4 heteroatoms. The molecule has 0 aliphatic heterocycles. The zero-order valence-corrected chi connectivity index (χ0v) is 7.97. The fraction of sp³-hybridized carbons (Fsp3) is 0.833. The lowest BCUT2D eigenvalue weighted by Crippen LogP contribution is -2.38. The molecule has 0 aromatic carbocycles. The first kappa shape index (κ1) is 9.49. The van der Waals surface area contributed by atoms with Crippen LogP contribution in [0.3, 0.4) is 0 Å². The Morgan fingerprint density at radius 1 is 1.50 bits per heavy atom. The van der Waals surface area contributed by atoms with E-state index >= 15 is 0 Å². The molecule has 60 valence electrons. The first-order valence-electron chi connectivity index (χ1n) is 3.34. The third-order valence-electron chi connectivity index (χ3n) is 1.75. The third kappa shape index (κ3) is 2.86. The minimum atomic E-state index is -1.82. The SMILES string of the molecule is CC(C)[Si](C)(C)OC(N)=O. The van der Waals surface area contributed by atoms with Crippen molar-refractivity contribution in [3.05, 3.63) is 0 Å². The van der Waals surface area contributed by atoms with Crippen LogP contribution in [0.25, 0.3) is 0 Å². The van der Waals surface area contributed by atoms with E-state index in [9.17, 15) is 4.79 Å². The van der Waals surface area contributed by atoms with Gasteiger partial charge in [0.1, 0.15) is 0 Å². The molecule has 0 spiro atoms. The van der Waals surface area contributed by atoms with Crippen molar-refractivity contribution in [1.82, 2.24) is 0 Å². The van der Waals surface area contributed by atoms with E-state index in [4.69, 9.17) is 10.2 Å². The summed E-state index contributed by atoms with van der Waals surface area (Å²) in [5, 5.41) is 0. The van der Waals surface area contributed by atoms with Gasteiger partial charge in [-0.05, 0) is 18.6 Å². The topological polar surface area (TPSA) is 52.3 Å². The molecule has 0 atom stereocenters. The maximum Gasteiger partial charge on any atom is 0.390 e. The molecule has 1 amide bonds. The molecule has 0 unspecified atom stereocenters. The molecule has 0 aliphatic carbocycles. The molecule has 0 aromatic heterocycles. The quantitative estimate of drug-likeness (QED) is 0.627. The zero-order valence-electron chi connectivity index (χ0n) is 6.97. The predicted octanol–water partition coefficient (Wildman–Crippen LogP) is 1.70. The molecule has 0 radical (unpaired) electrons. The average Bonchev–Trinajstić information content (AvgIpc) is 1.60. The fourth-order valence-corrected chi connectivity index (χ4v) is 1.13. The van der Waals surface area contributed by atoms with Gasteiger partial charge in [0.2, 0.25) is 0 Å². The summed E-state index contributed by atoms with van der Waals surface area (Å²) in [6.45, 7) is 8.02. The lowest BCUT2D eigenvalue weighted by molar-refractivity contribution is 0.208. The maximum absolute atomic E-state index is 10.4. The van der Waals surface area contributed by atoms with E-state index in [0.29, 0.717) is 5.54 Å². The van der Waals surface area contributed by atoms with Gasteiger partial charge in [-0.2, -0.15) is 0 Å². The van der Waals surface area contributed by atoms with Crippen LogP contribution in [0.1, 0.15) is 13.8 Å². The van der Waals surface area contributed by atoms with Gasteiger partial charge < -0.3 is 10.2 Å². The van der Waals surface area contributed by atoms with Gasteiger partial charge in [-0.15, -0.1) is 0 Å². The lowest BCUT2D eigenvalue weighted by Gasteiger charge is -2.24. The maximum atomic E-state index is 10.4. The van der Waals surface area contributed by atoms with E-state index in [1.807, 2.05) is 26.9 Å². The van der Waals surface area contributed by atoms with Gasteiger partial charge in [-0.25, -0.2) is 4.79 Å². The Morgan fingerprint density at radius 3 is 2.00 bits per heavy atom. The minimum absolute atomic E-state index is 0.417. The first-order chi connectivity index (χ1) is 4.36. The number of hydrogen-bond donors (Lipinski definition) is 1. The molecule has 0 saturated heterocycles. The molecule has 0 fully saturated rings. The Morgan fingerprint density at radius 2 is 1.90 bits per heavy atom. The number of amides is 1. The third-order valence-corrected chi connectivity index (χ3v) is 5.26. The summed E-state index contributed by atoms with van der Waals surface area (Å²) >= 11 is 0. The highest BCUT2D eigenvalue weighted by Crippen LogP contribution is 2.20. The van der Waals surface area contributed by atoms with Crippen molar-refractivity contribution in [3.8, 4) is 0 Å². The van der Waals surface area contributed by atoms with Gasteiger partial charge in [0.25, 0.3) is 8.32 Å². The molecule has 10 heavy (non-hydrogen) atoms. The van der Waals surface area contributed by atoms with E-state index in [0.717, 1.165) is 0 Å². The van der Waals surface area contributed by atoms with Crippen LogP contribution >= 0.6 is 0 Å². The van der Waals surface area contributed by atoms with Crippen LogP contribution in [0.4, 0.5) is 4.79 Å². The number of carbonyl (C=O) groups excluding carboxylic acids is 1. The van der Waals surface area contributed by atoms with Crippen molar-refractivity contribution in [2.24, 2.45) is 5.73 Å². The van der Waals surface area contributed by atoms with Crippen LogP contribution in [0.15, 0.2) is 0 Å². The van der Waals surface area contributed by atoms with Crippen LogP contribution in [-0.4, -0.2) is 14.4 Å². The van der Waals surface area contributed by atoms with E-state index in [2.05, 4.69) is 0 Å². The largest absolute Gasteiger partial charge is 0.504 e. The van der Waals surface area contributed by atoms with E-state index in [1.165, 1.54) is 0 Å². The van der Waals surface area contributed by atoms with Gasteiger partial charge >= 0.3 is 6.09 Å². The van der Waals surface area contributed by atoms with Gasteiger partial charge in [0, 0.05) is 0 Å². The summed E-state index contributed by atoms with van der Waals surface area (Å²) in [6, 6.07) is 0. The summed E-state index contributed by atoms with van der Waals surface area (Å²) < 4.78 is 4.98. The summed E-state index contributed by atoms with van der Waals surface area (Å²) in [5.74, 6) is 0. The summed E-state index contributed by atoms with van der Waals surface area (Å²) in [7, 11) is -1.82. The van der Waals surface area contributed by atoms with Crippen molar-refractivity contribution in [1.29, 1.82) is 0 Å². The number of carbonyl (C=O) groups is 1. The number of hydrogen-bond acceptors (Lipinski definition) is 2. The molecular formula is C6H15NO2Si. The predicted molar refractivity (Wildman–Crippen MR) is 43.2 cm³/mol. The van der Waals surface area contributed by atoms with E-state index < -0.39 is 14.4 Å². The van der Waals surface area contributed by atoms with E-state index in [-0.39, 0.29) is 0 Å². The average molecular weight is 161 g/mol. The smallest absolute Gasteiger partial charge is 0.390 e. The molecule has 0 saturated carbocycles. The van der Waals surface area contributed by atoms with Gasteiger partial charge in [-0.1, -0.05) is 13.8 Å². The molecule has 0 heterocycles. The second-order valence-electron chi connectivity index (χ2n) is 3.18. The van der Waals surface area contributed by atoms with Crippen molar-refractivity contribution in [2.45, 2.75) is 32.5 Å². The summed E-state index contributed by atoms with van der Waals surface area (Å²) in [4.78, 5) is 10.4. The van der Waals surface area contributed by atoms with Crippen LogP contribution in [0, 0.1) is 0 Å². The fourth-order valence-electron chi connectivity index (χ4n) is 0.377. The molecular weight excluding hydrogens is 146 g/mol. The molecule has 0 aromatic rings. The standard InChI is InChI=1S/C6H15NO2Si/c1-5(2)10(3,4)9-6(7)8/h5H,1-4H3,(H2,7,8). The summed E-state index contributed by atoms with van der Waals surface area (Å²) in [6.07, 6.45) is -0.648. The summed E-state index contributed by atoms with van der Waals surface area (Å²) in [5.41, 5.74) is 5.31. The van der Waals surface area contributed by atoms with Gasteiger partial charge in [-0.3, -0.25) is 0 Å². The molecule has 2 N–H and O–H groups in total. The van der Waals surface area contributed by atoms with Gasteiger partial charge in [0.15, 0.2) is 0 Å². The Hall–Kier alpha value is -0.513. The molecule has 0 aliphatic rings. The second kappa shape index (κ2) is 3.05. The molecule has 3 nitrogen and oxygen atoms in total. The van der Waals surface area contributed by atoms with Crippen LogP contribution in [-0.2, 0) is 4.43 Å². The highest BCUT2D eigenvalue weighted by molar-refractivity contribution is 6.73.